The second-order valence-corrected chi connectivity index (χ2v) is 6.19. The van der Waals surface area contributed by atoms with Crippen molar-refractivity contribution < 1.29 is 14.3 Å². The molecule has 1 aliphatic heterocycles. The zero-order chi connectivity index (χ0) is 16.8. The third kappa shape index (κ3) is 4.54. The van der Waals surface area contributed by atoms with Gasteiger partial charge in [-0.15, -0.1) is 0 Å². The lowest BCUT2D eigenvalue weighted by Crippen LogP contribution is -2.39. The van der Waals surface area contributed by atoms with Gasteiger partial charge in [0, 0.05) is 32.8 Å². The van der Waals surface area contributed by atoms with Crippen LogP contribution < -0.4 is 10.6 Å². The van der Waals surface area contributed by atoms with Crippen LogP contribution in [0.1, 0.15) is 42.9 Å². The maximum atomic E-state index is 12.2. The van der Waals surface area contributed by atoms with Crippen molar-refractivity contribution >= 4 is 11.8 Å². The molecule has 1 aromatic rings. The molecule has 2 heterocycles. The number of carbonyl (C=O) groups excluding carboxylic acids is 2. The Morgan fingerprint density at radius 1 is 1.48 bits per heavy atom. The van der Waals surface area contributed by atoms with Crippen molar-refractivity contribution in [2.24, 2.45) is 5.92 Å². The Kier molecular flexibility index (Phi) is 6.15. The summed E-state index contributed by atoms with van der Waals surface area (Å²) in [5, 5.41) is 5.80. The van der Waals surface area contributed by atoms with Gasteiger partial charge in [0.2, 0.25) is 5.91 Å². The number of nitrogens with zero attached hydrogens (tertiary/aromatic N) is 2. The second kappa shape index (κ2) is 8.10. The summed E-state index contributed by atoms with van der Waals surface area (Å²) >= 11 is 0. The van der Waals surface area contributed by atoms with E-state index in [1.165, 1.54) is 0 Å². The van der Waals surface area contributed by atoms with Crippen molar-refractivity contribution in [2.45, 2.75) is 45.7 Å². The second-order valence-electron chi connectivity index (χ2n) is 6.19. The van der Waals surface area contributed by atoms with Crippen molar-refractivity contribution in [3.8, 4) is 0 Å². The van der Waals surface area contributed by atoms with E-state index in [1.54, 1.807) is 13.4 Å². The minimum atomic E-state index is -0.153. The minimum Gasteiger partial charge on any atom is -0.385 e. The van der Waals surface area contributed by atoms with E-state index < -0.39 is 0 Å². The summed E-state index contributed by atoms with van der Waals surface area (Å²) in [7, 11) is 1.64. The van der Waals surface area contributed by atoms with Crippen LogP contribution in [0.2, 0.25) is 0 Å². The van der Waals surface area contributed by atoms with E-state index in [0.717, 1.165) is 18.5 Å². The topological polar surface area (TPSA) is 85.2 Å². The smallest absolute Gasteiger partial charge is 0.271 e. The van der Waals surface area contributed by atoms with E-state index in [2.05, 4.69) is 15.6 Å². The molecular formula is C16H26N4O3. The molecule has 0 radical (unpaired) electrons. The van der Waals surface area contributed by atoms with Crippen LogP contribution in [0.3, 0.4) is 0 Å². The van der Waals surface area contributed by atoms with E-state index in [0.29, 0.717) is 31.8 Å². The van der Waals surface area contributed by atoms with Gasteiger partial charge in [0.25, 0.3) is 5.91 Å². The molecule has 7 nitrogen and oxygen atoms in total. The van der Waals surface area contributed by atoms with Gasteiger partial charge in [-0.2, -0.15) is 0 Å². The fourth-order valence-electron chi connectivity index (χ4n) is 2.77. The summed E-state index contributed by atoms with van der Waals surface area (Å²) in [6.45, 7) is 5.68. The molecule has 1 aliphatic rings. The zero-order valence-electron chi connectivity index (χ0n) is 14.1. The molecule has 0 spiro atoms. The first-order valence-electron chi connectivity index (χ1n) is 8.14. The SMILES string of the molecule is COCCCNC(=O)c1ncn2c1CCC(C(=O)NC(C)C)C2. The van der Waals surface area contributed by atoms with Crippen LogP contribution in [0, 0.1) is 5.92 Å². The zero-order valence-corrected chi connectivity index (χ0v) is 14.1. The first kappa shape index (κ1) is 17.5. The van der Waals surface area contributed by atoms with Gasteiger partial charge in [-0.05, 0) is 33.1 Å². The third-order valence-electron chi connectivity index (χ3n) is 3.92. The molecule has 7 heteroatoms. The molecule has 1 aromatic heterocycles. The van der Waals surface area contributed by atoms with Crippen LogP contribution in [0.25, 0.3) is 0 Å². The van der Waals surface area contributed by atoms with Gasteiger partial charge >= 0.3 is 0 Å². The van der Waals surface area contributed by atoms with Crippen LogP contribution >= 0.6 is 0 Å². The first-order chi connectivity index (χ1) is 11.0. The van der Waals surface area contributed by atoms with E-state index in [9.17, 15) is 9.59 Å². The van der Waals surface area contributed by atoms with Gasteiger partial charge in [0.1, 0.15) is 5.69 Å². The Labute approximate surface area is 136 Å². The standard InChI is InChI=1S/C16H26N4O3/c1-11(2)19-15(21)12-5-6-13-14(18-10-20(13)9-12)16(22)17-7-4-8-23-3/h10-12H,4-9H2,1-3H3,(H,17,22)(H,19,21). The molecule has 0 aromatic carbocycles. The first-order valence-corrected chi connectivity index (χ1v) is 8.14. The van der Waals surface area contributed by atoms with Crippen molar-refractivity contribution in [1.29, 1.82) is 0 Å². The Bertz CT molecular complexity index is 554. The summed E-state index contributed by atoms with van der Waals surface area (Å²) in [4.78, 5) is 28.6. The predicted octanol–water partition coefficient (Wildman–Crippen LogP) is 0.736. The highest BCUT2D eigenvalue weighted by atomic mass is 16.5. The summed E-state index contributed by atoms with van der Waals surface area (Å²) in [6.07, 6.45) is 3.87. The number of fused-ring (bicyclic) bond motifs is 1. The molecule has 1 unspecified atom stereocenters. The van der Waals surface area contributed by atoms with E-state index in [4.69, 9.17) is 4.74 Å². The van der Waals surface area contributed by atoms with Gasteiger partial charge in [-0.25, -0.2) is 4.98 Å². The van der Waals surface area contributed by atoms with Crippen molar-refractivity contribution in [3.05, 3.63) is 17.7 Å². The summed E-state index contributed by atoms with van der Waals surface area (Å²) in [5.41, 5.74) is 1.40. The van der Waals surface area contributed by atoms with E-state index in [-0.39, 0.29) is 23.8 Å². The number of methoxy groups -OCH3 is 1. The normalized spacial score (nSPS) is 17.0. The maximum Gasteiger partial charge on any atom is 0.271 e. The van der Waals surface area contributed by atoms with Gasteiger partial charge in [-0.1, -0.05) is 0 Å². The number of imidazole rings is 1. The monoisotopic (exact) mass is 322 g/mol. The number of hydrogen-bond acceptors (Lipinski definition) is 4. The average Bonchev–Trinajstić information content (AvgIpc) is 2.93. The lowest BCUT2D eigenvalue weighted by Gasteiger charge is -2.24. The lowest BCUT2D eigenvalue weighted by molar-refractivity contribution is -0.126. The number of amides is 2. The van der Waals surface area contributed by atoms with Crippen molar-refractivity contribution in [3.63, 3.8) is 0 Å². The fourth-order valence-corrected chi connectivity index (χ4v) is 2.77. The van der Waals surface area contributed by atoms with Crippen LogP contribution in [-0.4, -0.2) is 47.7 Å². The lowest BCUT2D eigenvalue weighted by atomic mass is 9.96. The molecule has 2 rings (SSSR count). The Balaban J connectivity index is 1.95. The molecule has 128 valence electrons. The summed E-state index contributed by atoms with van der Waals surface area (Å²) in [6, 6.07) is 0.139. The highest BCUT2D eigenvalue weighted by Gasteiger charge is 2.28. The fraction of sp³-hybridized carbons (Fsp3) is 0.688. The van der Waals surface area contributed by atoms with Crippen LogP contribution in [0.15, 0.2) is 6.33 Å². The molecule has 0 aliphatic carbocycles. The highest BCUT2D eigenvalue weighted by molar-refractivity contribution is 5.93. The number of ether oxygens (including phenoxy) is 1. The highest BCUT2D eigenvalue weighted by Crippen LogP contribution is 2.22. The maximum absolute atomic E-state index is 12.2. The molecule has 2 amide bonds. The molecule has 0 saturated heterocycles. The summed E-state index contributed by atoms with van der Waals surface area (Å²) in [5.74, 6) is -0.137. The van der Waals surface area contributed by atoms with Crippen LogP contribution in [0.4, 0.5) is 0 Å². The number of carbonyl (C=O) groups is 2. The van der Waals surface area contributed by atoms with Crippen molar-refractivity contribution in [2.75, 3.05) is 20.3 Å². The quantitative estimate of drug-likeness (QED) is 0.725. The number of nitrogens with one attached hydrogen (secondary N) is 2. The van der Waals surface area contributed by atoms with Crippen LogP contribution in [0.5, 0.6) is 0 Å². The molecule has 0 fully saturated rings. The van der Waals surface area contributed by atoms with E-state index in [1.807, 2.05) is 18.4 Å². The summed E-state index contributed by atoms with van der Waals surface area (Å²) < 4.78 is 6.89. The van der Waals surface area contributed by atoms with E-state index >= 15 is 0 Å². The third-order valence-corrected chi connectivity index (χ3v) is 3.92. The average molecular weight is 322 g/mol. The van der Waals surface area contributed by atoms with Gasteiger partial charge < -0.3 is 19.9 Å². The van der Waals surface area contributed by atoms with Gasteiger partial charge in [-0.3, -0.25) is 9.59 Å². The molecule has 23 heavy (non-hydrogen) atoms. The van der Waals surface area contributed by atoms with Crippen LogP contribution in [-0.2, 0) is 22.5 Å². The number of rotatable bonds is 7. The molecule has 2 N–H and O–H groups in total. The van der Waals surface area contributed by atoms with Gasteiger partial charge in [0.15, 0.2) is 0 Å². The Hall–Kier alpha value is -1.89. The van der Waals surface area contributed by atoms with Crippen molar-refractivity contribution in [1.82, 2.24) is 20.2 Å². The number of aromatic nitrogens is 2. The predicted molar refractivity (Wildman–Crippen MR) is 86.1 cm³/mol. The Morgan fingerprint density at radius 2 is 2.26 bits per heavy atom. The molecule has 0 bridgehead atoms. The minimum absolute atomic E-state index is 0.0586. The molecule has 0 saturated carbocycles. The molecule has 1 atom stereocenters. The molecular weight excluding hydrogens is 296 g/mol. The number of hydrogen-bond donors (Lipinski definition) is 2. The van der Waals surface area contributed by atoms with Gasteiger partial charge in [0.05, 0.1) is 17.9 Å². The Morgan fingerprint density at radius 3 is 2.96 bits per heavy atom. The largest absolute Gasteiger partial charge is 0.385 e.